The number of carbonyl (C=O) groups excluding carboxylic acids is 1. The van der Waals surface area contributed by atoms with E-state index in [1.54, 1.807) is 0 Å². The predicted octanol–water partition coefficient (Wildman–Crippen LogP) is 2.50. The summed E-state index contributed by atoms with van der Waals surface area (Å²) in [6, 6.07) is 0. The van der Waals surface area contributed by atoms with Crippen molar-refractivity contribution in [2.45, 2.75) is 58.9 Å². The Labute approximate surface area is 98.9 Å². The van der Waals surface area contributed by atoms with Gasteiger partial charge in [-0.3, -0.25) is 4.79 Å². The summed E-state index contributed by atoms with van der Waals surface area (Å²) in [6.45, 7) is 9.61. The summed E-state index contributed by atoms with van der Waals surface area (Å²) in [5.41, 5.74) is -0.497. The third kappa shape index (κ3) is 2.24. The van der Waals surface area contributed by atoms with Crippen molar-refractivity contribution in [3.05, 3.63) is 0 Å². The second-order valence-electron chi connectivity index (χ2n) is 5.19. The lowest BCUT2D eigenvalue weighted by Gasteiger charge is -2.48. The molecule has 1 rings (SSSR count). The number of hydrogen-bond acceptors (Lipinski definition) is 3. The molecule has 0 aliphatic carbocycles. The van der Waals surface area contributed by atoms with Crippen molar-refractivity contribution < 1.29 is 9.53 Å². The van der Waals surface area contributed by atoms with Gasteiger partial charge in [0.2, 0.25) is 0 Å². The Morgan fingerprint density at radius 2 is 2.06 bits per heavy atom. The monoisotopic (exact) mass is 227 g/mol. The number of piperidine rings is 1. The molecule has 3 heteroatoms. The Kier molecular flexibility index (Phi) is 4.36. The molecule has 16 heavy (non-hydrogen) atoms. The first-order valence-electron chi connectivity index (χ1n) is 6.42. The van der Waals surface area contributed by atoms with Crippen molar-refractivity contribution in [3.8, 4) is 0 Å². The van der Waals surface area contributed by atoms with E-state index in [0.717, 1.165) is 32.2 Å². The smallest absolute Gasteiger partial charge is 0.326 e. The van der Waals surface area contributed by atoms with Crippen LogP contribution in [-0.2, 0) is 9.53 Å². The van der Waals surface area contributed by atoms with Crippen molar-refractivity contribution in [1.29, 1.82) is 0 Å². The fourth-order valence-electron chi connectivity index (χ4n) is 2.80. The highest BCUT2D eigenvalue weighted by atomic mass is 16.5. The molecule has 0 spiro atoms. The van der Waals surface area contributed by atoms with Crippen LogP contribution in [0.4, 0.5) is 0 Å². The Bertz CT molecular complexity index is 250. The summed E-state index contributed by atoms with van der Waals surface area (Å²) < 4.78 is 5.22. The summed E-state index contributed by atoms with van der Waals surface area (Å²) in [7, 11) is 0. The number of hydrogen-bond donors (Lipinski definition) is 1. The number of rotatable bonds is 4. The maximum atomic E-state index is 12.1. The molecular weight excluding hydrogens is 202 g/mol. The van der Waals surface area contributed by atoms with Gasteiger partial charge in [0.25, 0.3) is 0 Å². The van der Waals surface area contributed by atoms with Gasteiger partial charge >= 0.3 is 5.97 Å². The van der Waals surface area contributed by atoms with E-state index in [2.05, 4.69) is 19.2 Å². The van der Waals surface area contributed by atoms with Crippen LogP contribution in [0.1, 0.15) is 53.4 Å². The molecule has 1 saturated heterocycles. The second kappa shape index (κ2) is 5.17. The minimum Gasteiger partial charge on any atom is -0.465 e. The van der Waals surface area contributed by atoms with Crippen LogP contribution in [0.2, 0.25) is 0 Å². The zero-order chi connectivity index (χ0) is 12.2. The zero-order valence-corrected chi connectivity index (χ0v) is 11.1. The van der Waals surface area contributed by atoms with Crippen LogP contribution in [0.25, 0.3) is 0 Å². The molecule has 0 amide bonds. The van der Waals surface area contributed by atoms with Crippen LogP contribution in [0.15, 0.2) is 0 Å². The molecule has 2 unspecified atom stereocenters. The van der Waals surface area contributed by atoms with Crippen LogP contribution in [0.3, 0.4) is 0 Å². The van der Waals surface area contributed by atoms with Crippen molar-refractivity contribution in [3.63, 3.8) is 0 Å². The Morgan fingerprint density at radius 1 is 1.38 bits per heavy atom. The van der Waals surface area contributed by atoms with Gasteiger partial charge in [0.15, 0.2) is 0 Å². The molecule has 1 heterocycles. The molecule has 1 aliphatic heterocycles. The molecule has 2 atom stereocenters. The van der Waals surface area contributed by atoms with E-state index in [4.69, 9.17) is 4.74 Å². The molecule has 94 valence electrons. The lowest BCUT2D eigenvalue weighted by atomic mass is 9.64. The fourth-order valence-corrected chi connectivity index (χ4v) is 2.80. The normalized spacial score (nSPS) is 34.8. The molecule has 0 aromatic rings. The van der Waals surface area contributed by atoms with Gasteiger partial charge in [-0.2, -0.15) is 0 Å². The average molecular weight is 227 g/mol. The third-order valence-corrected chi connectivity index (χ3v) is 4.08. The second-order valence-corrected chi connectivity index (χ2v) is 5.19. The van der Waals surface area contributed by atoms with Crippen LogP contribution in [0.5, 0.6) is 0 Å². The van der Waals surface area contributed by atoms with Gasteiger partial charge in [-0.05, 0) is 45.1 Å². The molecule has 0 bridgehead atoms. The summed E-state index contributed by atoms with van der Waals surface area (Å²) >= 11 is 0. The van der Waals surface area contributed by atoms with E-state index in [-0.39, 0.29) is 11.4 Å². The molecule has 0 aromatic heterocycles. The molecule has 3 nitrogen and oxygen atoms in total. The first-order valence-corrected chi connectivity index (χ1v) is 6.42. The van der Waals surface area contributed by atoms with Gasteiger partial charge in [-0.25, -0.2) is 0 Å². The van der Waals surface area contributed by atoms with Gasteiger partial charge < -0.3 is 10.1 Å². The van der Waals surface area contributed by atoms with Gasteiger partial charge in [0.05, 0.1) is 6.61 Å². The van der Waals surface area contributed by atoms with Crippen molar-refractivity contribution >= 4 is 5.97 Å². The summed E-state index contributed by atoms with van der Waals surface area (Å²) in [5.74, 6) is -0.0920. The summed E-state index contributed by atoms with van der Waals surface area (Å²) in [4.78, 5) is 12.1. The van der Waals surface area contributed by atoms with E-state index in [1.807, 2.05) is 13.8 Å². The van der Waals surface area contributed by atoms with E-state index < -0.39 is 5.54 Å². The van der Waals surface area contributed by atoms with Crippen molar-refractivity contribution in [2.24, 2.45) is 5.41 Å². The SMILES string of the molecule is CCCC1(C)CCCNC1(C)C(=O)OCC. The maximum absolute atomic E-state index is 12.1. The Balaban J connectivity index is 2.90. The summed E-state index contributed by atoms with van der Waals surface area (Å²) in [5, 5.41) is 3.38. The molecule has 0 aromatic carbocycles. The number of esters is 1. The minimum absolute atomic E-state index is 0.0201. The highest BCUT2D eigenvalue weighted by molar-refractivity contribution is 5.81. The lowest BCUT2D eigenvalue weighted by Crippen LogP contribution is -2.63. The molecular formula is C13H25NO2. The highest BCUT2D eigenvalue weighted by Crippen LogP contribution is 2.43. The van der Waals surface area contributed by atoms with E-state index in [0.29, 0.717) is 6.61 Å². The molecule has 1 aliphatic rings. The first kappa shape index (κ1) is 13.5. The quantitative estimate of drug-likeness (QED) is 0.750. The van der Waals surface area contributed by atoms with Gasteiger partial charge in [0, 0.05) is 0 Å². The van der Waals surface area contributed by atoms with Gasteiger partial charge in [0.1, 0.15) is 5.54 Å². The van der Waals surface area contributed by atoms with Crippen LogP contribution in [0, 0.1) is 5.41 Å². The third-order valence-electron chi connectivity index (χ3n) is 4.08. The van der Waals surface area contributed by atoms with E-state index in [9.17, 15) is 4.79 Å². The van der Waals surface area contributed by atoms with Crippen molar-refractivity contribution in [1.82, 2.24) is 5.32 Å². The molecule has 0 saturated carbocycles. The topological polar surface area (TPSA) is 38.3 Å². The van der Waals surface area contributed by atoms with Gasteiger partial charge in [-0.1, -0.05) is 20.3 Å². The Morgan fingerprint density at radius 3 is 2.62 bits per heavy atom. The Hall–Kier alpha value is -0.570. The van der Waals surface area contributed by atoms with Crippen LogP contribution in [-0.4, -0.2) is 24.7 Å². The standard InChI is InChI=1S/C13H25NO2/c1-5-8-12(3)9-7-10-14-13(12,4)11(15)16-6-2/h14H,5-10H2,1-4H3. The van der Waals surface area contributed by atoms with Gasteiger partial charge in [-0.15, -0.1) is 0 Å². The van der Waals surface area contributed by atoms with E-state index >= 15 is 0 Å². The maximum Gasteiger partial charge on any atom is 0.326 e. The van der Waals surface area contributed by atoms with Crippen LogP contribution < -0.4 is 5.32 Å². The zero-order valence-electron chi connectivity index (χ0n) is 11.1. The number of carbonyl (C=O) groups is 1. The highest BCUT2D eigenvalue weighted by Gasteiger charge is 2.51. The van der Waals surface area contributed by atoms with Crippen LogP contribution >= 0.6 is 0 Å². The first-order chi connectivity index (χ1) is 7.50. The molecule has 1 N–H and O–H groups in total. The van der Waals surface area contributed by atoms with E-state index in [1.165, 1.54) is 0 Å². The largest absolute Gasteiger partial charge is 0.465 e. The fraction of sp³-hybridized carbons (Fsp3) is 0.923. The predicted molar refractivity (Wildman–Crippen MR) is 65.3 cm³/mol. The average Bonchev–Trinajstić information content (AvgIpc) is 2.23. The number of nitrogens with one attached hydrogen (secondary N) is 1. The summed E-state index contributed by atoms with van der Waals surface area (Å²) in [6.07, 6.45) is 4.41. The lowest BCUT2D eigenvalue weighted by molar-refractivity contribution is -0.158. The number of ether oxygens (including phenoxy) is 1. The van der Waals surface area contributed by atoms with Crippen molar-refractivity contribution in [2.75, 3.05) is 13.2 Å². The molecule has 1 fully saturated rings. The molecule has 0 radical (unpaired) electrons. The minimum atomic E-state index is -0.517.